The third kappa shape index (κ3) is 9.25. The largest absolute Gasteiger partial charge is 0.481 e. The number of carbonyl (C=O) groups excluding carboxylic acids is 1. The van der Waals surface area contributed by atoms with Crippen LogP contribution in [0.5, 0.6) is 0 Å². The second-order valence-corrected chi connectivity index (χ2v) is 5.89. The first kappa shape index (κ1) is 27.5. The molecule has 0 saturated carbocycles. The number of nitrogens with two attached hydrogens (primary N) is 1. The molecule has 0 unspecified atom stereocenters. The summed E-state index contributed by atoms with van der Waals surface area (Å²) in [5.41, 5.74) is 3.11. The summed E-state index contributed by atoms with van der Waals surface area (Å²) in [6.45, 7) is 9.25. The number of allylic oxidation sites excluding steroid dienone is 1. The SMILES string of the molecule is C=CC.CC.NO.O=C[C@@H](CC(=O)O)c1ccc(-c2ccc(-c3ccccc3)cc2)o1. The molecule has 3 aromatic rings. The standard InChI is InChI=1S/C20H16O4.C3H6.C2H6.H3NO/c21-13-17(12-20(22)23)19-11-10-18(24-19)16-8-6-15(7-9-16)14-4-2-1-3-5-14;1-3-2;2*1-2/h1-11,13,17H,12H2,(H,22,23);3H,1H2,2H3;1-2H3;2H,1H2/t17-;;;/m1.../s1. The predicted molar refractivity (Wildman–Crippen MR) is 124 cm³/mol. The summed E-state index contributed by atoms with van der Waals surface area (Å²) in [6.07, 6.45) is 2.08. The highest BCUT2D eigenvalue weighted by Gasteiger charge is 2.18. The van der Waals surface area contributed by atoms with Crippen LogP contribution in [0.4, 0.5) is 0 Å². The van der Waals surface area contributed by atoms with Gasteiger partial charge in [-0.05, 0) is 30.2 Å². The summed E-state index contributed by atoms with van der Waals surface area (Å²) in [6, 6.07) is 21.3. The number of benzene rings is 2. The lowest BCUT2D eigenvalue weighted by molar-refractivity contribution is -0.138. The Morgan fingerprint density at radius 3 is 1.94 bits per heavy atom. The van der Waals surface area contributed by atoms with Crippen molar-refractivity contribution in [1.82, 2.24) is 0 Å². The molecule has 3 rings (SSSR count). The van der Waals surface area contributed by atoms with Crippen LogP contribution >= 0.6 is 0 Å². The van der Waals surface area contributed by atoms with E-state index in [0.29, 0.717) is 17.8 Å². The van der Waals surface area contributed by atoms with Crippen molar-refractivity contribution >= 4 is 12.3 Å². The van der Waals surface area contributed by atoms with Gasteiger partial charge < -0.3 is 19.5 Å². The number of hydrogen-bond acceptors (Lipinski definition) is 5. The Hall–Kier alpha value is -3.48. The van der Waals surface area contributed by atoms with Crippen molar-refractivity contribution in [2.75, 3.05) is 0 Å². The van der Waals surface area contributed by atoms with Gasteiger partial charge in [0.1, 0.15) is 17.8 Å². The lowest BCUT2D eigenvalue weighted by Gasteiger charge is -2.04. The van der Waals surface area contributed by atoms with Gasteiger partial charge in [0.05, 0.1) is 12.3 Å². The van der Waals surface area contributed by atoms with Gasteiger partial charge >= 0.3 is 5.97 Å². The number of carboxylic acid groups (broad SMARTS) is 1. The molecule has 31 heavy (non-hydrogen) atoms. The zero-order valence-electron chi connectivity index (χ0n) is 18.2. The highest BCUT2D eigenvalue weighted by Crippen LogP contribution is 2.29. The van der Waals surface area contributed by atoms with Gasteiger partial charge in [0.25, 0.3) is 0 Å². The number of aldehydes is 1. The van der Waals surface area contributed by atoms with Gasteiger partial charge in [-0.15, -0.1) is 6.58 Å². The van der Waals surface area contributed by atoms with E-state index in [2.05, 4.69) is 12.5 Å². The highest BCUT2D eigenvalue weighted by atomic mass is 16.4. The van der Waals surface area contributed by atoms with Gasteiger partial charge in [-0.3, -0.25) is 4.79 Å². The zero-order valence-corrected chi connectivity index (χ0v) is 18.2. The van der Waals surface area contributed by atoms with E-state index in [1.165, 1.54) is 0 Å². The van der Waals surface area contributed by atoms with Crippen LogP contribution in [0.25, 0.3) is 22.5 Å². The number of furan rings is 1. The molecule has 0 aliphatic heterocycles. The quantitative estimate of drug-likeness (QED) is 0.256. The molecule has 0 spiro atoms. The molecule has 0 aliphatic rings. The van der Waals surface area contributed by atoms with Crippen molar-refractivity contribution in [3.8, 4) is 22.5 Å². The first-order valence-electron chi connectivity index (χ1n) is 9.84. The Kier molecular flexibility index (Phi) is 14.5. The summed E-state index contributed by atoms with van der Waals surface area (Å²) < 4.78 is 5.67. The van der Waals surface area contributed by atoms with Crippen molar-refractivity contribution in [1.29, 1.82) is 0 Å². The Morgan fingerprint density at radius 2 is 1.45 bits per heavy atom. The average Bonchev–Trinajstić information content (AvgIpc) is 3.31. The van der Waals surface area contributed by atoms with Crippen molar-refractivity contribution < 1.29 is 24.3 Å². The van der Waals surface area contributed by atoms with Crippen LogP contribution in [0.15, 0.2) is 83.8 Å². The predicted octanol–water partition coefficient (Wildman–Crippen LogP) is 5.92. The van der Waals surface area contributed by atoms with Crippen molar-refractivity contribution in [2.24, 2.45) is 5.90 Å². The molecular formula is C25H31NO5. The lowest BCUT2D eigenvalue weighted by Crippen LogP contribution is -2.06. The Morgan fingerprint density at radius 1 is 0.968 bits per heavy atom. The molecule has 6 nitrogen and oxygen atoms in total. The number of aliphatic carboxylic acids is 1. The molecule has 0 bridgehead atoms. The molecule has 2 aromatic carbocycles. The lowest BCUT2D eigenvalue weighted by atomic mass is 10.0. The smallest absolute Gasteiger partial charge is 0.304 e. The van der Waals surface area contributed by atoms with Crippen LogP contribution in [-0.4, -0.2) is 22.6 Å². The third-order valence-corrected chi connectivity index (χ3v) is 3.83. The minimum Gasteiger partial charge on any atom is -0.481 e. The van der Waals surface area contributed by atoms with Crippen molar-refractivity contribution in [3.05, 3.63) is 85.1 Å². The summed E-state index contributed by atoms with van der Waals surface area (Å²) in [4.78, 5) is 21.9. The number of hydrogen-bond donors (Lipinski definition) is 3. The van der Waals surface area contributed by atoms with Gasteiger partial charge in [-0.25, -0.2) is 5.90 Å². The highest BCUT2D eigenvalue weighted by molar-refractivity contribution is 5.75. The number of carboxylic acids is 1. The summed E-state index contributed by atoms with van der Waals surface area (Å²) in [7, 11) is 0. The average molecular weight is 426 g/mol. The maximum absolute atomic E-state index is 11.1. The Bertz CT molecular complexity index is 886. The molecule has 4 N–H and O–H groups in total. The molecule has 0 saturated heterocycles. The van der Waals surface area contributed by atoms with Crippen LogP contribution in [-0.2, 0) is 9.59 Å². The maximum Gasteiger partial charge on any atom is 0.304 e. The summed E-state index contributed by atoms with van der Waals surface area (Å²) in [5, 5.41) is 15.3. The molecule has 0 aliphatic carbocycles. The van der Waals surface area contributed by atoms with Crippen LogP contribution < -0.4 is 5.90 Å². The summed E-state index contributed by atoms with van der Waals surface area (Å²) in [5.74, 6) is 2.69. The van der Waals surface area contributed by atoms with Crippen molar-refractivity contribution in [3.63, 3.8) is 0 Å². The maximum atomic E-state index is 11.1. The third-order valence-electron chi connectivity index (χ3n) is 3.83. The number of carbonyl (C=O) groups is 2. The first-order valence-corrected chi connectivity index (χ1v) is 9.84. The van der Waals surface area contributed by atoms with E-state index in [4.69, 9.17) is 14.7 Å². The fourth-order valence-corrected chi connectivity index (χ4v) is 2.57. The van der Waals surface area contributed by atoms with Crippen LogP contribution in [0.2, 0.25) is 0 Å². The molecule has 1 atom stereocenters. The van der Waals surface area contributed by atoms with Crippen LogP contribution in [0.1, 0.15) is 38.9 Å². The number of rotatable bonds is 6. The topological polar surface area (TPSA) is 114 Å². The first-order chi connectivity index (χ1) is 15.1. The Labute approximate surface area is 183 Å². The normalized spacial score (nSPS) is 9.97. The Balaban J connectivity index is 0.00000116. The zero-order chi connectivity index (χ0) is 23.6. The van der Waals surface area contributed by atoms with Crippen LogP contribution in [0, 0.1) is 0 Å². The fourth-order valence-electron chi connectivity index (χ4n) is 2.57. The van der Waals surface area contributed by atoms with Crippen molar-refractivity contribution in [2.45, 2.75) is 33.1 Å². The molecule has 0 radical (unpaired) electrons. The van der Waals surface area contributed by atoms with Crippen LogP contribution in [0.3, 0.4) is 0 Å². The minimum absolute atomic E-state index is 0.274. The monoisotopic (exact) mass is 425 g/mol. The van der Waals surface area contributed by atoms with E-state index in [0.717, 1.165) is 16.7 Å². The second kappa shape index (κ2) is 16.3. The molecule has 166 valence electrons. The van der Waals surface area contributed by atoms with E-state index in [9.17, 15) is 9.59 Å². The van der Waals surface area contributed by atoms with E-state index >= 15 is 0 Å². The molecule has 0 amide bonds. The van der Waals surface area contributed by atoms with Gasteiger partial charge in [0, 0.05) is 5.56 Å². The van der Waals surface area contributed by atoms with E-state index in [1.54, 1.807) is 18.2 Å². The molecule has 6 heteroatoms. The molecule has 0 fully saturated rings. The molecular weight excluding hydrogens is 394 g/mol. The van der Waals surface area contributed by atoms with Gasteiger partial charge in [0.15, 0.2) is 0 Å². The fraction of sp³-hybridized carbons (Fsp3) is 0.200. The second-order valence-electron chi connectivity index (χ2n) is 5.89. The van der Waals surface area contributed by atoms with Gasteiger partial charge in [0.2, 0.25) is 0 Å². The van der Waals surface area contributed by atoms with E-state index < -0.39 is 11.9 Å². The van der Waals surface area contributed by atoms with E-state index in [1.807, 2.05) is 75.4 Å². The van der Waals surface area contributed by atoms with E-state index in [-0.39, 0.29) is 6.42 Å². The van der Waals surface area contributed by atoms with Gasteiger partial charge in [-0.1, -0.05) is 74.5 Å². The molecule has 1 aromatic heterocycles. The minimum atomic E-state index is -1.03. The van der Waals surface area contributed by atoms with Gasteiger partial charge in [-0.2, -0.15) is 0 Å². The summed E-state index contributed by atoms with van der Waals surface area (Å²) >= 11 is 0. The molecule has 1 heterocycles.